The summed E-state index contributed by atoms with van der Waals surface area (Å²) >= 11 is 0. The Morgan fingerprint density at radius 1 is 1.15 bits per heavy atom. The normalized spacial score (nSPS) is 26.4. The van der Waals surface area contributed by atoms with E-state index in [-0.39, 0.29) is 5.75 Å². The first kappa shape index (κ1) is 13.5. The number of halogens is 3. The van der Waals surface area contributed by atoms with E-state index in [1.165, 1.54) is 12.1 Å². The van der Waals surface area contributed by atoms with Crippen molar-refractivity contribution in [2.75, 3.05) is 24.5 Å². The second-order valence-corrected chi connectivity index (χ2v) is 5.34. The zero-order valence-corrected chi connectivity index (χ0v) is 11.0. The monoisotopic (exact) mass is 286 g/mol. The molecule has 0 aromatic heterocycles. The molecule has 2 atom stereocenters. The van der Waals surface area contributed by atoms with Crippen LogP contribution in [0.1, 0.15) is 12.8 Å². The van der Waals surface area contributed by atoms with Crippen LogP contribution in [0.5, 0.6) is 5.75 Å². The van der Waals surface area contributed by atoms with Gasteiger partial charge >= 0.3 is 6.36 Å². The molecule has 1 aromatic rings. The minimum atomic E-state index is -4.63. The summed E-state index contributed by atoms with van der Waals surface area (Å²) in [5, 5.41) is 3.39. The van der Waals surface area contributed by atoms with E-state index in [1.54, 1.807) is 12.1 Å². The van der Waals surface area contributed by atoms with Gasteiger partial charge in [0.1, 0.15) is 5.75 Å². The summed E-state index contributed by atoms with van der Waals surface area (Å²) in [6.45, 7) is 3.01. The molecule has 1 aromatic carbocycles. The molecule has 0 radical (unpaired) electrons. The Morgan fingerprint density at radius 3 is 2.60 bits per heavy atom. The molecule has 2 aliphatic rings. The number of anilines is 1. The number of piperidine rings is 1. The lowest BCUT2D eigenvalue weighted by molar-refractivity contribution is -0.274. The molecule has 20 heavy (non-hydrogen) atoms. The molecule has 6 heteroatoms. The topological polar surface area (TPSA) is 24.5 Å². The van der Waals surface area contributed by atoms with Gasteiger partial charge in [0.25, 0.3) is 0 Å². The van der Waals surface area contributed by atoms with Crippen molar-refractivity contribution in [3.8, 4) is 5.75 Å². The third-order valence-corrected chi connectivity index (χ3v) is 4.11. The second-order valence-electron chi connectivity index (χ2n) is 5.34. The molecule has 3 nitrogen and oxygen atoms in total. The summed E-state index contributed by atoms with van der Waals surface area (Å²) in [4.78, 5) is 2.31. The van der Waals surface area contributed by atoms with Crippen LogP contribution in [0, 0.1) is 5.92 Å². The number of ether oxygens (including phenoxy) is 1. The fourth-order valence-corrected chi connectivity index (χ4v) is 3.24. The number of hydrogen-bond donors (Lipinski definition) is 1. The molecule has 2 fully saturated rings. The van der Waals surface area contributed by atoms with Crippen LogP contribution in [0.3, 0.4) is 0 Å². The Morgan fingerprint density at radius 2 is 1.90 bits per heavy atom. The number of nitrogens with one attached hydrogen (secondary N) is 1. The minimum absolute atomic E-state index is 0.165. The van der Waals surface area contributed by atoms with E-state index in [2.05, 4.69) is 15.0 Å². The summed E-state index contributed by atoms with van der Waals surface area (Å²) in [6.07, 6.45) is -2.40. The van der Waals surface area contributed by atoms with E-state index in [0.717, 1.165) is 38.2 Å². The highest BCUT2D eigenvalue weighted by Crippen LogP contribution is 2.34. The van der Waals surface area contributed by atoms with Crippen LogP contribution in [0.4, 0.5) is 18.9 Å². The summed E-state index contributed by atoms with van der Waals surface area (Å²) in [6, 6.07) is 6.71. The maximum Gasteiger partial charge on any atom is 0.573 e. The molecule has 2 heterocycles. The highest BCUT2D eigenvalue weighted by Gasteiger charge is 2.36. The quantitative estimate of drug-likeness (QED) is 0.904. The molecular formula is C14H17F3N2O. The van der Waals surface area contributed by atoms with Crippen LogP contribution < -0.4 is 15.0 Å². The molecule has 110 valence electrons. The zero-order valence-electron chi connectivity index (χ0n) is 11.0. The SMILES string of the molecule is FC(F)(F)Oc1ccc(N2CC[C@@H]3CNCC[C@@H]32)cc1. The lowest BCUT2D eigenvalue weighted by Crippen LogP contribution is -2.43. The number of rotatable bonds is 2. The van der Waals surface area contributed by atoms with Crippen molar-refractivity contribution in [1.82, 2.24) is 5.32 Å². The number of nitrogens with zero attached hydrogens (tertiary/aromatic N) is 1. The van der Waals surface area contributed by atoms with Crippen LogP contribution in [-0.2, 0) is 0 Å². The number of alkyl halides is 3. The summed E-state index contributed by atoms with van der Waals surface area (Å²) < 4.78 is 40.3. The number of benzene rings is 1. The third-order valence-electron chi connectivity index (χ3n) is 4.11. The molecular weight excluding hydrogens is 269 g/mol. The van der Waals surface area contributed by atoms with Crippen LogP contribution >= 0.6 is 0 Å². The molecule has 0 amide bonds. The first-order valence-corrected chi connectivity index (χ1v) is 6.86. The first-order valence-electron chi connectivity index (χ1n) is 6.86. The molecule has 3 rings (SSSR count). The molecule has 0 saturated carbocycles. The number of fused-ring (bicyclic) bond motifs is 1. The molecule has 1 N–H and O–H groups in total. The maximum absolute atomic E-state index is 12.1. The van der Waals surface area contributed by atoms with Gasteiger partial charge in [-0.1, -0.05) is 0 Å². The van der Waals surface area contributed by atoms with Gasteiger partial charge in [0, 0.05) is 18.3 Å². The number of hydrogen-bond acceptors (Lipinski definition) is 3. The smallest absolute Gasteiger partial charge is 0.406 e. The van der Waals surface area contributed by atoms with Gasteiger partial charge < -0.3 is 15.0 Å². The van der Waals surface area contributed by atoms with Crippen molar-refractivity contribution in [2.24, 2.45) is 5.92 Å². The van der Waals surface area contributed by atoms with Crippen molar-refractivity contribution in [3.63, 3.8) is 0 Å². The van der Waals surface area contributed by atoms with Gasteiger partial charge in [-0.05, 0) is 56.1 Å². The van der Waals surface area contributed by atoms with Crippen LogP contribution in [0.15, 0.2) is 24.3 Å². The van der Waals surface area contributed by atoms with Crippen molar-refractivity contribution >= 4 is 5.69 Å². The van der Waals surface area contributed by atoms with Gasteiger partial charge in [-0.15, -0.1) is 13.2 Å². The van der Waals surface area contributed by atoms with E-state index < -0.39 is 6.36 Å². The third kappa shape index (κ3) is 2.85. The van der Waals surface area contributed by atoms with Crippen molar-refractivity contribution in [2.45, 2.75) is 25.2 Å². The Bertz CT molecular complexity index is 460. The largest absolute Gasteiger partial charge is 0.573 e. The van der Waals surface area contributed by atoms with Gasteiger partial charge in [0.2, 0.25) is 0 Å². The van der Waals surface area contributed by atoms with Crippen molar-refractivity contribution < 1.29 is 17.9 Å². The predicted molar refractivity (Wildman–Crippen MR) is 69.9 cm³/mol. The Hall–Kier alpha value is -1.43. The maximum atomic E-state index is 12.1. The standard InChI is InChI=1S/C14H17F3N2O/c15-14(16,17)20-12-3-1-11(2-4-12)19-8-6-10-9-18-7-5-13(10)19/h1-4,10,13,18H,5-9H2/t10-,13+/m1/s1. The fraction of sp³-hybridized carbons (Fsp3) is 0.571. The lowest BCUT2D eigenvalue weighted by Gasteiger charge is -2.33. The predicted octanol–water partition coefficient (Wildman–Crippen LogP) is 2.77. The average Bonchev–Trinajstić information content (AvgIpc) is 2.82. The molecule has 0 spiro atoms. The minimum Gasteiger partial charge on any atom is -0.406 e. The Balaban J connectivity index is 1.71. The zero-order chi connectivity index (χ0) is 14.2. The van der Waals surface area contributed by atoms with E-state index in [1.807, 2.05) is 0 Å². The summed E-state index contributed by atoms with van der Waals surface area (Å²) in [5.41, 5.74) is 0.980. The molecule has 0 aliphatic carbocycles. The highest BCUT2D eigenvalue weighted by atomic mass is 19.4. The molecule has 2 saturated heterocycles. The van der Waals surface area contributed by atoms with Crippen molar-refractivity contribution in [1.29, 1.82) is 0 Å². The van der Waals surface area contributed by atoms with Gasteiger partial charge in [-0.3, -0.25) is 0 Å². The fourth-order valence-electron chi connectivity index (χ4n) is 3.24. The lowest BCUT2D eigenvalue weighted by atomic mass is 9.94. The van der Waals surface area contributed by atoms with Gasteiger partial charge in [-0.2, -0.15) is 0 Å². The Labute approximate surface area is 115 Å². The van der Waals surface area contributed by atoms with Crippen molar-refractivity contribution in [3.05, 3.63) is 24.3 Å². The van der Waals surface area contributed by atoms with Gasteiger partial charge in [0.15, 0.2) is 0 Å². The first-order chi connectivity index (χ1) is 9.53. The molecule has 0 unspecified atom stereocenters. The average molecular weight is 286 g/mol. The summed E-state index contributed by atoms with van der Waals surface area (Å²) in [7, 11) is 0. The van der Waals surface area contributed by atoms with Crippen LogP contribution in [0.25, 0.3) is 0 Å². The van der Waals surface area contributed by atoms with E-state index in [4.69, 9.17) is 0 Å². The summed E-state index contributed by atoms with van der Waals surface area (Å²) in [5.74, 6) is 0.483. The van der Waals surface area contributed by atoms with E-state index in [9.17, 15) is 13.2 Å². The van der Waals surface area contributed by atoms with Crippen LogP contribution in [0.2, 0.25) is 0 Å². The van der Waals surface area contributed by atoms with E-state index >= 15 is 0 Å². The van der Waals surface area contributed by atoms with E-state index in [0.29, 0.717) is 12.0 Å². The molecule has 0 bridgehead atoms. The second kappa shape index (κ2) is 5.16. The van der Waals surface area contributed by atoms with Crippen LogP contribution in [-0.4, -0.2) is 32.0 Å². The van der Waals surface area contributed by atoms with Gasteiger partial charge in [0.05, 0.1) is 0 Å². The van der Waals surface area contributed by atoms with Gasteiger partial charge in [-0.25, -0.2) is 0 Å². The highest BCUT2D eigenvalue weighted by molar-refractivity contribution is 5.51. The Kier molecular flexibility index (Phi) is 3.50. The molecule has 2 aliphatic heterocycles.